The van der Waals surface area contributed by atoms with Crippen LogP contribution >= 0.6 is 12.2 Å². The quantitative estimate of drug-likeness (QED) is 0.111. The van der Waals surface area contributed by atoms with Gasteiger partial charge in [-0.15, -0.1) is 0 Å². The van der Waals surface area contributed by atoms with Gasteiger partial charge in [0.2, 0.25) is 0 Å². The molecule has 152 valence electrons. The van der Waals surface area contributed by atoms with Gasteiger partial charge in [-0.05, 0) is 43.3 Å². The maximum absolute atomic E-state index is 12.0. The minimum absolute atomic E-state index is 0.124. The molecule has 0 amide bonds. The minimum atomic E-state index is -0.685. The molecule has 2 N–H and O–H groups in total. The van der Waals surface area contributed by atoms with Gasteiger partial charge >= 0.3 is 5.97 Å². The number of nitrogens with two attached hydrogens (primary N) is 1. The largest absolute Gasteiger partial charge is 0.462 e. The molecule has 0 aliphatic carbocycles. The first kappa shape index (κ1) is 21.1. The van der Waals surface area contributed by atoms with Crippen molar-refractivity contribution < 1.29 is 18.8 Å². The van der Waals surface area contributed by atoms with E-state index in [-0.39, 0.29) is 12.2 Å². The highest BCUT2D eigenvalue weighted by molar-refractivity contribution is 7.92. The number of hydrogen-bond acceptors (Lipinski definition) is 8. The number of aromatic nitrogens is 2. The van der Waals surface area contributed by atoms with Crippen LogP contribution in [0, 0.1) is 11.3 Å². The molecule has 0 bridgehead atoms. The second-order valence-electron chi connectivity index (χ2n) is 5.86. The molecule has 0 atom stereocenters. The number of nitrogens with zero attached hydrogens (tertiary/aromatic N) is 3. The van der Waals surface area contributed by atoms with Crippen LogP contribution in [0.1, 0.15) is 12.6 Å². The summed E-state index contributed by atoms with van der Waals surface area (Å²) in [7, 11) is 0. The Balaban J connectivity index is 2.03. The Bertz CT molecular complexity index is 1070. The summed E-state index contributed by atoms with van der Waals surface area (Å²) in [5.74, 6) is -0.214. The van der Waals surface area contributed by atoms with Crippen molar-refractivity contribution in [1.82, 2.24) is 9.78 Å². The summed E-state index contributed by atoms with van der Waals surface area (Å²) >= 11 is 0.603. The fourth-order valence-electron chi connectivity index (χ4n) is 2.68. The maximum atomic E-state index is 12.0. The molecule has 30 heavy (non-hydrogen) atoms. The smallest absolute Gasteiger partial charge is 0.348 e. The van der Waals surface area contributed by atoms with Crippen molar-refractivity contribution in [2.75, 3.05) is 6.61 Å². The number of carbonyl (C=O) groups excluding carboxylic acids is 1. The monoisotopic (exact) mass is 422 g/mol. The topological polar surface area (TPSA) is 112 Å². The van der Waals surface area contributed by atoms with Gasteiger partial charge in [0.15, 0.2) is 5.75 Å². The van der Waals surface area contributed by atoms with Crippen LogP contribution in [0.3, 0.4) is 0 Å². The highest BCUT2D eigenvalue weighted by Gasteiger charge is 2.15. The van der Waals surface area contributed by atoms with Crippen molar-refractivity contribution >= 4 is 24.3 Å². The molecule has 0 aliphatic heterocycles. The van der Waals surface area contributed by atoms with Gasteiger partial charge in [0.25, 0.3) is 0 Å². The molecule has 8 nitrogen and oxygen atoms in total. The summed E-state index contributed by atoms with van der Waals surface area (Å²) in [6.07, 6.45) is 1.41. The molecular formula is C21H18N4O4S. The molecule has 9 heteroatoms. The molecule has 1 heterocycles. The van der Waals surface area contributed by atoms with Crippen LogP contribution in [0.5, 0.6) is 5.75 Å². The molecule has 0 saturated carbocycles. The molecule has 0 saturated heterocycles. The minimum Gasteiger partial charge on any atom is -0.462 e. The van der Waals surface area contributed by atoms with Gasteiger partial charge in [-0.3, -0.25) is 5.14 Å². The average Bonchev–Trinajstić information content (AvgIpc) is 3.21. The Hall–Kier alpha value is -3.58. The zero-order chi connectivity index (χ0) is 21.3. The van der Waals surface area contributed by atoms with Gasteiger partial charge in [-0.2, -0.15) is 10.4 Å². The fourth-order valence-corrected chi connectivity index (χ4v) is 2.79. The van der Waals surface area contributed by atoms with E-state index in [1.165, 1.54) is 6.08 Å². The highest BCUT2D eigenvalue weighted by Crippen LogP contribution is 2.26. The molecular weight excluding hydrogens is 404 g/mol. The van der Waals surface area contributed by atoms with Crippen molar-refractivity contribution in [3.63, 3.8) is 0 Å². The second-order valence-corrected chi connectivity index (χ2v) is 6.19. The van der Waals surface area contributed by atoms with Gasteiger partial charge < -0.3 is 9.62 Å². The Labute approximate surface area is 177 Å². The van der Waals surface area contributed by atoms with Gasteiger partial charge in [-0.1, -0.05) is 34.7 Å². The number of benzene rings is 2. The highest BCUT2D eigenvalue weighted by atomic mass is 32.2. The number of carbonyl (C=O) groups is 1. The third-order valence-corrected chi connectivity index (χ3v) is 4.10. The number of nitriles is 1. The number of ether oxygens (including phenoxy) is 1. The lowest BCUT2D eigenvalue weighted by Gasteiger charge is -2.08. The van der Waals surface area contributed by atoms with E-state index in [1.807, 2.05) is 36.4 Å². The van der Waals surface area contributed by atoms with E-state index >= 15 is 0 Å². The Morgan fingerprint density at radius 1 is 1.23 bits per heavy atom. The summed E-state index contributed by atoms with van der Waals surface area (Å²) in [6, 6.07) is 20.3. The van der Waals surface area contributed by atoms with Gasteiger partial charge in [-0.25, -0.2) is 9.48 Å². The number of hydrogen-bond donors (Lipinski definition) is 1. The van der Waals surface area contributed by atoms with Crippen molar-refractivity contribution in [3.05, 3.63) is 71.9 Å². The Morgan fingerprint density at radius 2 is 1.97 bits per heavy atom. The van der Waals surface area contributed by atoms with E-state index in [4.69, 9.17) is 14.8 Å². The van der Waals surface area contributed by atoms with Gasteiger partial charge in [0.05, 0.1) is 23.7 Å². The summed E-state index contributed by atoms with van der Waals surface area (Å²) in [4.78, 5) is 16.9. The second kappa shape index (κ2) is 10.3. The number of rotatable bonds is 8. The van der Waals surface area contributed by atoms with Crippen LogP contribution in [0.25, 0.3) is 23.0 Å². The number of esters is 1. The zero-order valence-electron chi connectivity index (χ0n) is 16.0. The van der Waals surface area contributed by atoms with Gasteiger partial charge in [0.1, 0.15) is 23.9 Å². The predicted molar refractivity (Wildman–Crippen MR) is 113 cm³/mol. The maximum Gasteiger partial charge on any atom is 0.348 e. The third kappa shape index (κ3) is 5.07. The molecule has 2 aromatic carbocycles. The van der Waals surface area contributed by atoms with Crippen molar-refractivity contribution in [2.24, 2.45) is 5.14 Å². The molecule has 3 rings (SSSR count). The first-order chi connectivity index (χ1) is 14.7. The molecule has 0 aliphatic rings. The average molecular weight is 422 g/mol. The fraction of sp³-hybridized carbons (Fsp3) is 0.0952. The predicted octanol–water partition coefficient (Wildman–Crippen LogP) is 3.84. The van der Waals surface area contributed by atoms with E-state index in [1.54, 1.807) is 41.9 Å². The van der Waals surface area contributed by atoms with Crippen LogP contribution in [-0.4, -0.2) is 22.4 Å². The molecule has 1 aromatic heterocycles. The van der Waals surface area contributed by atoms with E-state index in [2.05, 4.69) is 9.43 Å². The summed E-state index contributed by atoms with van der Waals surface area (Å²) in [5, 5.41) is 19.0. The molecule has 0 spiro atoms. The van der Waals surface area contributed by atoms with E-state index in [9.17, 15) is 10.1 Å². The van der Waals surface area contributed by atoms with Crippen LogP contribution in [0.4, 0.5) is 0 Å². The van der Waals surface area contributed by atoms with Crippen LogP contribution < -0.4 is 10.0 Å². The standard InChI is InChI=1S/C21H18N4O4S/c1-2-27-21(26)16(14-22)12-17-13-20(15-6-4-3-5-7-15)25(24-17)18-8-10-19(11-9-18)28-29-30-23/h3-13H,2,23H2,1H3/b16-12-. The summed E-state index contributed by atoms with van der Waals surface area (Å²) in [6.45, 7) is 1.86. The van der Waals surface area contributed by atoms with Crippen LogP contribution in [0.15, 0.2) is 66.2 Å². The first-order valence-electron chi connectivity index (χ1n) is 8.91. The van der Waals surface area contributed by atoms with Crippen molar-refractivity contribution in [1.29, 1.82) is 5.26 Å². The third-order valence-electron chi connectivity index (χ3n) is 3.96. The normalized spacial score (nSPS) is 11.0. The lowest BCUT2D eigenvalue weighted by atomic mass is 10.1. The van der Waals surface area contributed by atoms with E-state index in [0.717, 1.165) is 16.9 Å². The van der Waals surface area contributed by atoms with Crippen molar-refractivity contribution in [3.8, 4) is 28.8 Å². The molecule has 0 unspecified atom stereocenters. The van der Waals surface area contributed by atoms with E-state index < -0.39 is 5.97 Å². The lowest BCUT2D eigenvalue weighted by Crippen LogP contribution is -2.06. The summed E-state index contributed by atoms with van der Waals surface area (Å²) < 4.78 is 11.3. The molecule has 0 radical (unpaired) electrons. The Kier molecular flexibility index (Phi) is 7.24. The van der Waals surface area contributed by atoms with Gasteiger partial charge in [0, 0.05) is 5.56 Å². The molecule has 3 aromatic rings. The van der Waals surface area contributed by atoms with Crippen LogP contribution in [-0.2, 0) is 13.9 Å². The lowest BCUT2D eigenvalue weighted by molar-refractivity contribution is -0.137. The van der Waals surface area contributed by atoms with E-state index in [0.29, 0.717) is 23.7 Å². The zero-order valence-corrected chi connectivity index (χ0v) is 16.8. The SMILES string of the molecule is CCOC(=O)/C(C#N)=C\c1cc(-c2ccccc2)n(-c2ccc(OOSN)cc2)n1. The first-order valence-corrected chi connectivity index (χ1v) is 9.71. The Morgan fingerprint density at radius 3 is 2.60 bits per heavy atom. The van der Waals surface area contributed by atoms with Crippen molar-refractivity contribution in [2.45, 2.75) is 6.92 Å². The molecule has 0 fully saturated rings. The van der Waals surface area contributed by atoms with Crippen LogP contribution in [0.2, 0.25) is 0 Å². The summed E-state index contributed by atoms with van der Waals surface area (Å²) in [5.41, 5.74) is 2.77.